The summed E-state index contributed by atoms with van der Waals surface area (Å²) in [4.78, 5) is -0.322. The van der Waals surface area contributed by atoms with Gasteiger partial charge in [0.1, 0.15) is 4.90 Å². The maximum absolute atomic E-state index is 10.6. The van der Waals surface area contributed by atoms with Gasteiger partial charge >= 0.3 is 0 Å². The molecule has 1 aromatic rings. The molecule has 0 heterocycles. The molecule has 0 aliphatic rings. The molecule has 0 saturated heterocycles. The third-order valence-corrected chi connectivity index (χ3v) is 2.24. The molecule has 0 aromatic heterocycles. The van der Waals surface area contributed by atoms with E-state index in [2.05, 4.69) is 0 Å². The molecule has 0 aliphatic carbocycles. The second kappa shape index (κ2) is 4.30. The number of rotatable bonds is 1. The first-order valence-electron chi connectivity index (χ1n) is 3.04. The predicted molar refractivity (Wildman–Crippen MR) is 50.8 cm³/mol. The fraction of sp³-hybridized carbons (Fsp3) is 0. The van der Waals surface area contributed by atoms with Crippen molar-refractivity contribution in [3.05, 3.63) is 18.2 Å². The fourth-order valence-electron chi connectivity index (χ4n) is 0.802. The van der Waals surface area contributed by atoms with Gasteiger partial charge in [0, 0.05) is 35.2 Å². The second-order valence-corrected chi connectivity index (χ2v) is 3.66. The van der Waals surface area contributed by atoms with Crippen LogP contribution in [0.15, 0.2) is 23.1 Å². The Bertz CT molecular complexity index is 404. The predicted octanol–water partition coefficient (Wildman–Crippen LogP) is -0.283. The number of nitrogen functional groups attached to an aromatic ring is 2. The summed E-state index contributed by atoms with van der Waals surface area (Å²) in [6.45, 7) is 0. The first-order valence-corrected chi connectivity index (χ1v) is 4.48. The Labute approximate surface area is 98.2 Å². The number of nitrogens with two attached hydrogens (primary N) is 2. The molecule has 0 unspecified atom stereocenters. The van der Waals surface area contributed by atoms with Crippen LogP contribution in [0, 0.1) is 0 Å². The normalized spacial score (nSPS) is 10.5. The minimum Gasteiger partial charge on any atom is -0.399 e. The van der Waals surface area contributed by atoms with Crippen molar-refractivity contribution in [1.29, 1.82) is 0 Å². The minimum absolute atomic E-state index is 0. The average molecular weight is 211 g/mol. The first-order chi connectivity index (χ1) is 5.41. The molecular weight excluding hydrogens is 203 g/mol. The van der Waals surface area contributed by atoms with Crippen molar-refractivity contribution in [3.8, 4) is 0 Å². The van der Waals surface area contributed by atoms with Crippen LogP contribution >= 0.6 is 0 Å². The number of anilines is 2. The van der Waals surface area contributed by atoms with Crippen LogP contribution in [0.2, 0.25) is 0 Å². The van der Waals surface area contributed by atoms with E-state index in [4.69, 9.17) is 16.0 Å². The molecule has 0 atom stereocenters. The van der Waals surface area contributed by atoms with Crippen molar-refractivity contribution in [3.63, 3.8) is 0 Å². The van der Waals surface area contributed by atoms with Gasteiger partial charge in [-0.05, 0) is 18.2 Å². The Hall–Kier alpha value is -0.270. The average Bonchev–Trinajstić information content (AvgIpc) is 1.83. The molecule has 13 heavy (non-hydrogen) atoms. The monoisotopic (exact) mass is 211 g/mol. The number of benzene rings is 1. The zero-order valence-electron chi connectivity index (χ0n) is 7.06. The topological polar surface area (TPSA) is 106 Å². The molecule has 7 heteroatoms. The van der Waals surface area contributed by atoms with E-state index in [9.17, 15) is 8.42 Å². The van der Waals surface area contributed by atoms with E-state index in [0.29, 0.717) is 5.69 Å². The summed E-state index contributed by atoms with van der Waals surface area (Å²) in [5.41, 5.74) is 10.9. The van der Waals surface area contributed by atoms with Crippen LogP contribution in [0.25, 0.3) is 0 Å². The van der Waals surface area contributed by atoms with Crippen LogP contribution in [0.1, 0.15) is 0 Å². The molecule has 5 N–H and O–H groups in total. The van der Waals surface area contributed by atoms with Gasteiger partial charge in [-0.2, -0.15) is 8.42 Å². The van der Waals surface area contributed by atoms with Gasteiger partial charge in [0.05, 0.1) is 5.69 Å². The Morgan fingerprint density at radius 2 is 1.77 bits per heavy atom. The standard InChI is InChI=1S/C6H8N2O3S.Na/c7-4-1-2-6(5(8)3-4)12(9,10)11;/h1-3H,7-8H2,(H,9,10,11);. The van der Waals surface area contributed by atoms with Crippen molar-refractivity contribution in [2.75, 3.05) is 11.5 Å². The number of hydrogen-bond acceptors (Lipinski definition) is 4. The summed E-state index contributed by atoms with van der Waals surface area (Å²) in [6.07, 6.45) is 0. The fourth-order valence-corrected chi connectivity index (χ4v) is 1.40. The smallest absolute Gasteiger partial charge is 0.296 e. The molecule has 0 amide bonds. The summed E-state index contributed by atoms with van der Waals surface area (Å²) in [5, 5.41) is 0. The quantitative estimate of drug-likeness (QED) is 0.336. The molecule has 0 bridgehead atoms. The van der Waals surface area contributed by atoms with Gasteiger partial charge in [0.15, 0.2) is 0 Å². The second-order valence-electron chi connectivity index (χ2n) is 2.27. The van der Waals surface area contributed by atoms with Crippen LogP contribution in [0.4, 0.5) is 11.4 Å². The van der Waals surface area contributed by atoms with Crippen molar-refractivity contribution < 1.29 is 13.0 Å². The van der Waals surface area contributed by atoms with Gasteiger partial charge in [-0.15, -0.1) is 0 Å². The molecule has 1 radical (unpaired) electrons. The van der Waals surface area contributed by atoms with Crippen LogP contribution in [-0.4, -0.2) is 42.5 Å². The maximum Gasteiger partial charge on any atom is 0.296 e. The molecule has 0 saturated carbocycles. The Morgan fingerprint density at radius 3 is 2.15 bits per heavy atom. The van der Waals surface area contributed by atoms with E-state index in [0.717, 1.165) is 6.07 Å². The van der Waals surface area contributed by atoms with Crippen LogP contribution in [-0.2, 0) is 10.1 Å². The molecule has 5 nitrogen and oxygen atoms in total. The van der Waals surface area contributed by atoms with E-state index in [1.165, 1.54) is 12.1 Å². The summed E-state index contributed by atoms with van der Waals surface area (Å²) in [5.74, 6) is 0. The Balaban J connectivity index is 0.00000144. The molecule has 0 spiro atoms. The molecule has 0 aliphatic heterocycles. The van der Waals surface area contributed by atoms with E-state index in [1.807, 2.05) is 0 Å². The summed E-state index contributed by atoms with van der Waals surface area (Å²) in [6, 6.07) is 3.77. The number of hydrogen-bond donors (Lipinski definition) is 3. The molecule has 67 valence electrons. The maximum atomic E-state index is 10.6. The summed E-state index contributed by atoms with van der Waals surface area (Å²) in [7, 11) is -4.23. The third kappa shape index (κ3) is 3.17. The van der Waals surface area contributed by atoms with Crippen LogP contribution in [0.5, 0.6) is 0 Å². The third-order valence-electron chi connectivity index (χ3n) is 1.31. The van der Waals surface area contributed by atoms with Gasteiger partial charge < -0.3 is 11.5 Å². The van der Waals surface area contributed by atoms with Gasteiger partial charge in [-0.25, -0.2) is 0 Å². The first kappa shape index (κ1) is 12.7. The van der Waals surface area contributed by atoms with E-state index >= 15 is 0 Å². The van der Waals surface area contributed by atoms with E-state index < -0.39 is 10.1 Å². The van der Waals surface area contributed by atoms with E-state index in [1.54, 1.807) is 0 Å². The van der Waals surface area contributed by atoms with Crippen LogP contribution < -0.4 is 11.5 Å². The molecule has 1 aromatic carbocycles. The SMILES string of the molecule is Nc1ccc(S(=O)(=O)O)c(N)c1.[Na]. The van der Waals surface area contributed by atoms with Crippen LogP contribution in [0.3, 0.4) is 0 Å². The van der Waals surface area contributed by atoms with Crippen molar-refractivity contribution >= 4 is 51.1 Å². The van der Waals surface area contributed by atoms with E-state index in [-0.39, 0.29) is 40.1 Å². The largest absolute Gasteiger partial charge is 0.399 e. The van der Waals surface area contributed by atoms with Crippen molar-refractivity contribution in [2.45, 2.75) is 4.90 Å². The van der Waals surface area contributed by atoms with Gasteiger partial charge in [0.2, 0.25) is 0 Å². The zero-order valence-corrected chi connectivity index (χ0v) is 9.88. The molecular formula is C6H8N2NaO3S. The molecule has 1 rings (SSSR count). The van der Waals surface area contributed by atoms with Gasteiger partial charge in [-0.1, -0.05) is 0 Å². The Morgan fingerprint density at radius 1 is 1.23 bits per heavy atom. The van der Waals surface area contributed by atoms with Crippen molar-refractivity contribution in [1.82, 2.24) is 0 Å². The molecule has 0 fully saturated rings. The minimum atomic E-state index is -4.23. The zero-order chi connectivity index (χ0) is 9.35. The van der Waals surface area contributed by atoms with Gasteiger partial charge in [0.25, 0.3) is 10.1 Å². The van der Waals surface area contributed by atoms with Crippen molar-refractivity contribution in [2.24, 2.45) is 0 Å². The summed E-state index contributed by atoms with van der Waals surface area (Å²) < 4.78 is 29.8. The van der Waals surface area contributed by atoms with Gasteiger partial charge in [-0.3, -0.25) is 4.55 Å². The summed E-state index contributed by atoms with van der Waals surface area (Å²) >= 11 is 0. The Kier molecular flexibility index (Phi) is 4.21.